The van der Waals surface area contributed by atoms with Crippen molar-refractivity contribution < 1.29 is 4.79 Å². The van der Waals surface area contributed by atoms with Crippen molar-refractivity contribution in [2.75, 3.05) is 5.33 Å². The van der Waals surface area contributed by atoms with Gasteiger partial charge in [0, 0.05) is 5.56 Å². The van der Waals surface area contributed by atoms with Gasteiger partial charge in [-0.15, -0.1) is 0 Å². The molecule has 0 amide bonds. The fourth-order valence-electron chi connectivity index (χ4n) is 1.46. The van der Waals surface area contributed by atoms with Crippen molar-refractivity contribution in [1.29, 1.82) is 0 Å². The second-order valence-electron chi connectivity index (χ2n) is 3.46. The molecule has 82 valence electrons. The lowest BCUT2D eigenvalue weighted by Crippen LogP contribution is -1.99. The highest BCUT2D eigenvalue weighted by Crippen LogP contribution is 2.40. The molecule has 1 saturated carbocycles. The fourth-order valence-corrected chi connectivity index (χ4v) is 1.78. The molecule has 0 heterocycles. The van der Waals surface area contributed by atoms with Crippen molar-refractivity contribution in [3.05, 3.63) is 35.4 Å². The van der Waals surface area contributed by atoms with E-state index < -0.39 is 0 Å². The van der Waals surface area contributed by atoms with E-state index in [4.69, 9.17) is 0 Å². The van der Waals surface area contributed by atoms with Crippen LogP contribution in [0.4, 0.5) is 0 Å². The lowest BCUT2D eigenvalue weighted by atomic mass is 10.1. The van der Waals surface area contributed by atoms with Gasteiger partial charge >= 0.3 is 0 Å². The van der Waals surface area contributed by atoms with Gasteiger partial charge < -0.3 is 0 Å². The molecule has 0 aliphatic heterocycles. The van der Waals surface area contributed by atoms with Crippen LogP contribution in [0.2, 0.25) is 0 Å². The third kappa shape index (κ3) is 3.45. The highest BCUT2D eigenvalue weighted by Gasteiger charge is 2.23. The average molecular weight is 269 g/mol. The second-order valence-corrected chi connectivity index (χ2v) is 4.02. The summed E-state index contributed by atoms with van der Waals surface area (Å²) in [6.07, 6.45) is 2.57. The van der Waals surface area contributed by atoms with E-state index in [1.54, 1.807) is 0 Å². The first-order valence-electron chi connectivity index (χ1n) is 5.50. The maximum atomic E-state index is 11.4. The molecule has 2 heteroatoms. The van der Waals surface area contributed by atoms with Crippen LogP contribution in [-0.2, 0) is 0 Å². The van der Waals surface area contributed by atoms with Crippen LogP contribution < -0.4 is 0 Å². The number of Topliss-reactive ketones (excluding diaryl/α,β-unsaturated/α-hetero) is 1. The van der Waals surface area contributed by atoms with E-state index in [2.05, 4.69) is 22.0 Å². The molecule has 0 radical (unpaired) electrons. The summed E-state index contributed by atoms with van der Waals surface area (Å²) in [6, 6.07) is 8.00. The van der Waals surface area contributed by atoms with Gasteiger partial charge in [0.25, 0.3) is 0 Å². The quantitative estimate of drug-likeness (QED) is 0.594. The zero-order valence-corrected chi connectivity index (χ0v) is 10.9. The molecule has 0 spiro atoms. The number of hydrogen-bond acceptors (Lipinski definition) is 1. The van der Waals surface area contributed by atoms with Crippen LogP contribution in [-0.4, -0.2) is 11.1 Å². The predicted molar refractivity (Wildman–Crippen MR) is 67.9 cm³/mol. The summed E-state index contributed by atoms with van der Waals surface area (Å²) < 4.78 is 0. The molecule has 1 aromatic carbocycles. The Labute approximate surface area is 100 Å². The second kappa shape index (κ2) is 6.06. The van der Waals surface area contributed by atoms with Crippen LogP contribution in [0.5, 0.6) is 0 Å². The Hall–Kier alpha value is -0.630. The Balaban J connectivity index is 0.000000531. The van der Waals surface area contributed by atoms with Crippen LogP contribution in [0, 0.1) is 0 Å². The van der Waals surface area contributed by atoms with Gasteiger partial charge in [-0.1, -0.05) is 48.0 Å². The van der Waals surface area contributed by atoms with Crippen molar-refractivity contribution in [3.63, 3.8) is 0 Å². The first-order valence-corrected chi connectivity index (χ1v) is 6.62. The Kier molecular flexibility index (Phi) is 5.03. The SMILES string of the molecule is CC.O=C(CBr)c1cccc(C2CC2)c1. The summed E-state index contributed by atoms with van der Waals surface area (Å²) in [7, 11) is 0. The average Bonchev–Trinajstić information content (AvgIpc) is 3.15. The third-order valence-electron chi connectivity index (χ3n) is 2.38. The van der Waals surface area contributed by atoms with Gasteiger partial charge in [0.15, 0.2) is 5.78 Å². The lowest BCUT2D eigenvalue weighted by Gasteiger charge is -2.00. The van der Waals surface area contributed by atoms with E-state index in [9.17, 15) is 4.79 Å². The Bertz CT molecular complexity index is 329. The van der Waals surface area contributed by atoms with E-state index in [-0.39, 0.29) is 5.78 Å². The molecule has 15 heavy (non-hydrogen) atoms. The Morgan fingerprint density at radius 1 is 1.40 bits per heavy atom. The number of carbonyl (C=O) groups is 1. The van der Waals surface area contributed by atoms with Crippen molar-refractivity contribution in [1.82, 2.24) is 0 Å². The molecule has 0 N–H and O–H groups in total. The highest BCUT2D eigenvalue weighted by molar-refractivity contribution is 9.09. The molecule has 0 aromatic heterocycles. The maximum Gasteiger partial charge on any atom is 0.173 e. The number of halogens is 1. The molecule has 0 atom stereocenters. The first-order chi connectivity index (χ1) is 7.31. The van der Waals surface area contributed by atoms with Crippen LogP contribution >= 0.6 is 15.9 Å². The van der Waals surface area contributed by atoms with Gasteiger partial charge in [0.2, 0.25) is 0 Å². The molecule has 0 saturated heterocycles. The Morgan fingerprint density at radius 3 is 2.60 bits per heavy atom. The first kappa shape index (κ1) is 12.4. The van der Waals surface area contributed by atoms with Crippen molar-refractivity contribution in [2.45, 2.75) is 32.6 Å². The predicted octanol–water partition coefficient (Wildman–Crippen LogP) is 4.17. The summed E-state index contributed by atoms with van der Waals surface area (Å²) in [6.45, 7) is 4.00. The minimum absolute atomic E-state index is 0.169. The zero-order valence-electron chi connectivity index (χ0n) is 9.29. The molecule has 1 nitrogen and oxygen atoms in total. The lowest BCUT2D eigenvalue weighted by molar-refractivity contribution is 0.102. The molecule has 0 unspecified atom stereocenters. The van der Waals surface area contributed by atoms with Gasteiger partial charge in [-0.05, 0) is 30.4 Å². The molecule has 1 fully saturated rings. The van der Waals surface area contributed by atoms with Gasteiger partial charge in [-0.3, -0.25) is 4.79 Å². The van der Waals surface area contributed by atoms with E-state index >= 15 is 0 Å². The summed E-state index contributed by atoms with van der Waals surface area (Å²) >= 11 is 3.18. The minimum Gasteiger partial charge on any atom is -0.293 e. The van der Waals surface area contributed by atoms with Crippen molar-refractivity contribution in [3.8, 4) is 0 Å². The summed E-state index contributed by atoms with van der Waals surface area (Å²) in [5.41, 5.74) is 2.16. The van der Waals surface area contributed by atoms with Gasteiger partial charge in [-0.25, -0.2) is 0 Å². The third-order valence-corrected chi connectivity index (χ3v) is 2.89. The maximum absolute atomic E-state index is 11.4. The van der Waals surface area contributed by atoms with Crippen LogP contribution in [0.25, 0.3) is 0 Å². The van der Waals surface area contributed by atoms with Crippen molar-refractivity contribution in [2.24, 2.45) is 0 Å². The number of hydrogen-bond donors (Lipinski definition) is 0. The number of benzene rings is 1. The van der Waals surface area contributed by atoms with Crippen LogP contribution in [0.1, 0.15) is 48.5 Å². The monoisotopic (exact) mass is 268 g/mol. The van der Waals surface area contributed by atoms with E-state index in [0.29, 0.717) is 5.33 Å². The molecule has 1 aromatic rings. The van der Waals surface area contributed by atoms with E-state index in [1.165, 1.54) is 18.4 Å². The number of rotatable bonds is 3. The standard InChI is InChI=1S/C11H11BrO.C2H6/c12-7-11(13)10-3-1-2-9(6-10)8-4-5-8;1-2/h1-3,6,8H,4-5,7H2;1-2H3. The summed E-state index contributed by atoms with van der Waals surface area (Å²) in [4.78, 5) is 11.4. The van der Waals surface area contributed by atoms with Crippen LogP contribution in [0.15, 0.2) is 24.3 Å². The van der Waals surface area contributed by atoms with E-state index in [1.807, 2.05) is 32.0 Å². The highest BCUT2D eigenvalue weighted by atomic mass is 79.9. The number of carbonyl (C=O) groups excluding carboxylic acids is 1. The minimum atomic E-state index is 0.169. The fraction of sp³-hybridized carbons (Fsp3) is 0.462. The molecular weight excluding hydrogens is 252 g/mol. The molecule has 1 aliphatic rings. The molecule has 1 aliphatic carbocycles. The zero-order chi connectivity index (χ0) is 11.3. The van der Waals surface area contributed by atoms with Gasteiger partial charge in [0.1, 0.15) is 0 Å². The molecular formula is C13H17BrO. The van der Waals surface area contributed by atoms with Gasteiger partial charge in [0.05, 0.1) is 5.33 Å². The largest absolute Gasteiger partial charge is 0.293 e. The summed E-state index contributed by atoms with van der Waals surface area (Å²) in [5, 5.41) is 0.418. The summed E-state index contributed by atoms with van der Waals surface area (Å²) in [5.74, 6) is 0.894. The van der Waals surface area contributed by atoms with E-state index in [0.717, 1.165) is 11.5 Å². The van der Waals surface area contributed by atoms with Crippen LogP contribution in [0.3, 0.4) is 0 Å². The van der Waals surface area contributed by atoms with Gasteiger partial charge in [-0.2, -0.15) is 0 Å². The number of alkyl halides is 1. The Morgan fingerprint density at radius 2 is 2.07 bits per heavy atom. The van der Waals surface area contributed by atoms with Crippen molar-refractivity contribution >= 4 is 21.7 Å². The normalized spacial score (nSPS) is 14.1. The molecule has 0 bridgehead atoms. The number of ketones is 1. The smallest absolute Gasteiger partial charge is 0.173 e. The topological polar surface area (TPSA) is 17.1 Å². The molecule has 2 rings (SSSR count).